The minimum Gasteiger partial charge on any atom is -0.353 e. The molecule has 3 atom stereocenters. The van der Waals surface area contributed by atoms with Crippen LogP contribution in [-0.2, 0) is 11.2 Å². The van der Waals surface area contributed by atoms with Crippen molar-refractivity contribution in [3.63, 3.8) is 0 Å². The van der Waals surface area contributed by atoms with Crippen molar-refractivity contribution in [1.82, 2.24) is 10.6 Å². The number of hydrogen-bond donors (Lipinski definition) is 2. The number of fused-ring (bicyclic) bond motifs is 1. The second-order valence-electron chi connectivity index (χ2n) is 6.36. The Hall–Kier alpha value is -1.35. The Morgan fingerprint density at radius 1 is 1.25 bits per heavy atom. The predicted molar refractivity (Wildman–Crippen MR) is 80.5 cm³/mol. The number of benzene rings is 1. The van der Waals surface area contributed by atoms with Crippen molar-refractivity contribution in [2.24, 2.45) is 11.8 Å². The first-order chi connectivity index (χ1) is 9.72. The lowest BCUT2D eigenvalue weighted by Crippen LogP contribution is -2.41. The number of rotatable bonds is 3. The van der Waals surface area contributed by atoms with Crippen LogP contribution in [0.2, 0.25) is 0 Å². The van der Waals surface area contributed by atoms with E-state index in [4.69, 9.17) is 0 Å². The van der Waals surface area contributed by atoms with Crippen molar-refractivity contribution >= 4 is 5.91 Å². The van der Waals surface area contributed by atoms with Crippen LogP contribution in [0, 0.1) is 18.8 Å². The van der Waals surface area contributed by atoms with Crippen LogP contribution in [0.5, 0.6) is 0 Å². The van der Waals surface area contributed by atoms with Gasteiger partial charge in [0.05, 0.1) is 6.42 Å². The molecule has 1 unspecified atom stereocenters. The molecule has 1 aromatic rings. The third kappa shape index (κ3) is 3.04. The van der Waals surface area contributed by atoms with Crippen molar-refractivity contribution in [3.8, 4) is 0 Å². The topological polar surface area (TPSA) is 41.1 Å². The van der Waals surface area contributed by atoms with E-state index in [-0.39, 0.29) is 5.91 Å². The molecule has 3 rings (SSSR count). The standard InChI is InChI=1S/C17H24N2O/c1-12-4-2-3-5-13(12)9-17(20)19-16-7-6-14-10-18-11-15(14)8-16/h2-5,14-16,18H,6-11H2,1H3,(H,19,20)/t14-,15+,16?/m0/s1. The van der Waals surface area contributed by atoms with Gasteiger partial charge >= 0.3 is 0 Å². The van der Waals surface area contributed by atoms with Gasteiger partial charge in [-0.1, -0.05) is 24.3 Å². The minimum absolute atomic E-state index is 0.175. The fraction of sp³-hybridized carbons (Fsp3) is 0.588. The molecule has 1 aromatic carbocycles. The average Bonchev–Trinajstić information content (AvgIpc) is 2.89. The molecule has 20 heavy (non-hydrogen) atoms. The van der Waals surface area contributed by atoms with E-state index in [1.54, 1.807) is 0 Å². The normalized spacial score (nSPS) is 28.9. The number of aryl methyl sites for hydroxylation is 1. The van der Waals surface area contributed by atoms with Gasteiger partial charge in [0, 0.05) is 6.04 Å². The first-order valence-electron chi connectivity index (χ1n) is 7.77. The Morgan fingerprint density at radius 2 is 2.05 bits per heavy atom. The second kappa shape index (κ2) is 5.96. The fourth-order valence-electron chi connectivity index (χ4n) is 3.69. The van der Waals surface area contributed by atoms with Crippen LogP contribution >= 0.6 is 0 Å². The summed E-state index contributed by atoms with van der Waals surface area (Å²) in [6.45, 7) is 4.38. The van der Waals surface area contributed by atoms with Crippen LogP contribution in [0.15, 0.2) is 24.3 Å². The van der Waals surface area contributed by atoms with Gasteiger partial charge in [0.1, 0.15) is 0 Å². The maximum atomic E-state index is 12.2. The van der Waals surface area contributed by atoms with Gasteiger partial charge < -0.3 is 10.6 Å². The van der Waals surface area contributed by atoms with E-state index in [1.807, 2.05) is 18.2 Å². The molecule has 0 spiro atoms. The minimum atomic E-state index is 0.175. The van der Waals surface area contributed by atoms with E-state index in [9.17, 15) is 4.79 Å². The summed E-state index contributed by atoms with van der Waals surface area (Å²) in [4.78, 5) is 12.2. The maximum absolute atomic E-state index is 12.2. The molecule has 3 heteroatoms. The highest BCUT2D eigenvalue weighted by molar-refractivity contribution is 5.79. The Labute approximate surface area is 121 Å². The zero-order valence-electron chi connectivity index (χ0n) is 12.2. The quantitative estimate of drug-likeness (QED) is 0.884. The number of carbonyl (C=O) groups excluding carboxylic acids is 1. The van der Waals surface area contributed by atoms with Gasteiger partial charge in [0.2, 0.25) is 5.91 Å². The van der Waals surface area contributed by atoms with Crippen LogP contribution in [0.3, 0.4) is 0 Å². The molecule has 0 aromatic heterocycles. The largest absolute Gasteiger partial charge is 0.353 e. The van der Waals surface area contributed by atoms with Crippen LogP contribution < -0.4 is 10.6 Å². The molecule has 1 saturated heterocycles. The molecule has 2 N–H and O–H groups in total. The third-order valence-corrected chi connectivity index (χ3v) is 4.93. The zero-order valence-corrected chi connectivity index (χ0v) is 12.2. The summed E-state index contributed by atoms with van der Waals surface area (Å²) in [7, 11) is 0. The molecule has 1 heterocycles. The fourth-order valence-corrected chi connectivity index (χ4v) is 3.69. The summed E-state index contributed by atoms with van der Waals surface area (Å²) < 4.78 is 0. The molecule has 2 aliphatic rings. The van der Waals surface area contributed by atoms with Gasteiger partial charge in [-0.15, -0.1) is 0 Å². The van der Waals surface area contributed by atoms with Crippen molar-refractivity contribution in [3.05, 3.63) is 35.4 Å². The molecule has 1 amide bonds. The zero-order chi connectivity index (χ0) is 13.9. The monoisotopic (exact) mass is 272 g/mol. The lowest BCUT2D eigenvalue weighted by Gasteiger charge is -2.31. The highest BCUT2D eigenvalue weighted by Gasteiger charge is 2.34. The molecule has 108 valence electrons. The van der Waals surface area contributed by atoms with Crippen LogP contribution in [0.1, 0.15) is 30.4 Å². The lowest BCUT2D eigenvalue weighted by atomic mass is 9.79. The number of amides is 1. The lowest BCUT2D eigenvalue weighted by molar-refractivity contribution is -0.121. The molecule has 1 aliphatic carbocycles. The number of nitrogens with one attached hydrogen (secondary N) is 2. The molecule has 0 radical (unpaired) electrons. The van der Waals surface area contributed by atoms with E-state index in [2.05, 4.69) is 23.6 Å². The molecule has 3 nitrogen and oxygen atoms in total. The molecular weight excluding hydrogens is 248 g/mol. The van der Waals surface area contributed by atoms with Gasteiger partial charge in [-0.25, -0.2) is 0 Å². The summed E-state index contributed by atoms with van der Waals surface area (Å²) in [5.74, 6) is 1.79. The van der Waals surface area contributed by atoms with Crippen molar-refractivity contribution in [2.75, 3.05) is 13.1 Å². The van der Waals surface area contributed by atoms with E-state index < -0.39 is 0 Å². The second-order valence-corrected chi connectivity index (χ2v) is 6.36. The summed E-state index contributed by atoms with van der Waals surface area (Å²) >= 11 is 0. The van der Waals surface area contributed by atoms with Gasteiger partial charge in [0.25, 0.3) is 0 Å². The molecular formula is C17H24N2O. The van der Waals surface area contributed by atoms with E-state index in [1.165, 1.54) is 18.5 Å². The van der Waals surface area contributed by atoms with Gasteiger partial charge in [-0.3, -0.25) is 4.79 Å². The Kier molecular flexibility index (Phi) is 4.06. The SMILES string of the molecule is Cc1ccccc1CC(=O)NC1CC[C@H]2CNC[C@H]2C1. The van der Waals surface area contributed by atoms with Gasteiger partial charge in [-0.05, 0) is 62.2 Å². The van der Waals surface area contributed by atoms with Crippen molar-refractivity contribution in [2.45, 2.75) is 38.6 Å². The summed E-state index contributed by atoms with van der Waals surface area (Å²) in [6.07, 6.45) is 4.06. The third-order valence-electron chi connectivity index (χ3n) is 4.93. The maximum Gasteiger partial charge on any atom is 0.224 e. The van der Waals surface area contributed by atoms with Crippen LogP contribution in [-0.4, -0.2) is 25.0 Å². The van der Waals surface area contributed by atoms with E-state index in [0.29, 0.717) is 12.5 Å². The van der Waals surface area contributed by atoms with Crippen molar-refractivity contribution < 1.29 is 4.79 Å². The highest BCUT2D eigenvalue weighted by atomic mass is 16.1. The first kappa shape index (κ1) is 13.6. The summed E-state index contributed by atoms with van der Waals surface area (Å²) in [5.41, 5.74) is 2.34. The van der Waals surface area contributed by atoms with Gasteiger partial charge in [0.15, 0.2) is 0 Å². The Balaban J connectivity index is 1.53. The van der Waals surface area contributed by atoms with E-state index in [0.717, 1.165) is 36.8 Å². The Morgan fingerprint density at radius 3 is 2.90 bits per heavy atom. The van der Waals surface area contributed by atoms with E-state index >= 15 is 0 Å². The molecule has 2 fully saturated rings. The Bertz CT molecular complexity index is 486. The van der Waals surface area contributed by atoms with Crippen LogP contribution in [0.25, 0.3) is 0 Å². The number of hydrogen-bond acceptors (Lipinski definition) is 2. The smallest absolute Gasteiger partial charge is 0.224 e. The van der Waals surface area contributed by atoms with Gasteiger partial charge in [-0.2, -0.15) is 0 Å². The number of carbonyl (C=O) groups is 1. The molecule has 0 bridgehead atoms. The molecule has 1 saturated carbocycles. The highest BCUT2D eigenvalue weighted by Crippen LogP contribution is 2.32. The average molecular weight is 272 g/mol. The van der Waals surface area contributed by atoms with Crippen molar-refractivity contribution in [1.29, 1.82) is 0 Å². The summed E-state index contributed by atoms with van der Waals surface area (Å²) in [5, 5.41) is 6.71. The molecule has 1 aliphatic heterocycles. The first-order valence-corrected chi connectivity index (χ1v) is 7.77. The summed E-state index contributed by atoms with van der Waals surface area (Å²) in [6, 6.07) is 8.52. The van der Waals surface area contributed by atoms with Crippen LogP contribution in [0.4, 0.5) is 0 Å². The predicted octanol–water partition coefficient (Wildman–Crippen LogP) is 2.04.